The van der Waals surface area contributed by atoms with Gasteiger partial charge >= 0.3 is 0 Å². The van der Waals surface area contributed by atoms with Crippen molar-refractivity contribution in [2.75, 3.05) is 4.31 Å². The fourth-order valence-corrected chi connectivity index (χ4v) is 6.09. The first kappa shape index (κ1) is 18.3. The number of pyridine rings is 1. The highest BCUT2D eigenvalue weighted by Crippen LogP contribution is 2.62. The summed E-state index contributed by atoms with van der Waals surface area (Å²) in [6.45, 7) is 5.40. The van der Waals surface area contributed by atoms with Gasteiger partial charge in [-0.1, -0.05) is 18.2 Å². The van der Waals surface area contributed by atoms with E-state index in [1.165, 1.54) is 6.20 Å². The number of nitrogens with zero attached hydrogens (tertiary/aromatic N) is 4. The lowest BCUT2D eigenvalue weighted by Gasteiger charge is -2.25. The van der Waals surface area contributed by atoms with Gasteiger partial charge < -0.3 is 0 Å². The molecule has 6 nitrogen and oxygen atoms in total. The Bertz CT molecular complexity index is 1250. The Labute approximate surface area is 169 Å². The monoisotopic (exact) mass is 412 g/mol. The van der Waals surface area contributed by atoms with Gasteiger partial charge in [0, 0.05) is 11.6 Å². The molecule has 2 aromatic heterocycles. The lowest BCUT2D eigenvalue weighted by Crippen LogP contribution is -2.39. The molecule has 3 heterocycles. The van der Waals surface area contributed by atoms with Crippen LogP contribution in [0.25, 0.3) is 5.82 Å². The highest BCUT2D eigenvalue weighted by molar-refractivity contribution is 7.93. The average molecular weight is 412 g/mol. The molecule has 29 heavy (non-hydrogen) atoms. The number of benzene rings is 1. The number of aromatic nitrogens is 3. The van der Waals surface area contributed by atoms with Gasteiger partial charge in [-0.2, -0.15) is 0 Å². The van der Waals surface area contributed by atoms with E-state index in [1.54, 1.807) is 23.9 Å². The zero-order valence-corrected chi connectivity index (χ0v) is 17.2. The number of imidazole rings is 1. The minimum absolute atomic E-state index is 0.0210. The molecular weight excluding hydrogens is 391 g/mol. The average Bonchev–Trinajstić information content (AvgIpc) is 3.29. The zero-order chi connectivity index (χ0) is 20.6. The minimum atomic E-state index is -4.11. The smallest absolute Gasteiger partial charge is 0.268 e. The summed E-state index contributed by atoms with van der Waals surface area (Å²) >= 11 is 0. The number of fused-ring (bicyclic) bond motifs is 2. The van der Waals surface area contributed by atoms with Gasteiger partial charge in [0.1, 0.15) is 17.0 Å². The zero-order valence-electron chi connectivity index (χ0n) is 16.4. The molecule has 5 rings (SSSR count). The van der Waals surface area contributed by atoms with E-state index in [1.807, 2.05) is 38.2 Å². The Hall–Kier alpha value is -2.74. The van der Waals surface area contributed by atoms with Crippen LogP contribution in [0.5, 0.6) is 0 Å². The summed E-state index contributed by atoms with van der Waals surface area (Å²) in [6.07, 6.45) is 4.47. The van der Waals surface area contributed by atoms with Gasteiger partial charge in [-0.25, -0.2) is 27.1 Å². The minimum Gasteiger partial charge on any atom is -0.290 e. The van der Waals surface area contributed by atoms with Crippen molar-refractivity contribution in [2.24, 2.45) is 0 Å². The molecule has 3 aromatic rings. The summed E-state index contributed by atoms with van der Waals surface area (Å²) in [4.78, 5) is 8.50. The molecule has 1 saturated carbocycles. The van der Waals surface area contributed by atoms with Crippen molar-refractivity contribution in [1.29, 1.82) is 0 Å². The summed E-state index contributed by atoms with van der Waals surface area (Å²) in [5.41, 5.74) is 2.68. The van der Waals surface area contributed by atoms with Crippen molar-refractivity contribution in [3.05, 3.63) is 65.4 Å². The van der Waals surface area contributed by atoms with Crippen molar-refractivity contribution in [3.8, 4) is 5.82 Å². The standard InChI is InChI=1S/C21H21FN4O2S/c1-13-5-4-6-16-19(13)26(20(22)21(16)7-8-21)29(27,28)17-10-23-18(9-14(17)2)25-11-15(3)24-12-25/h4-6,9-12,20H,7-8H2,1-3H3. The number of halogens is 1. The SMILES string of the molecule is Cc1cn(-c2cc(C)c(S(=O)(=O)N3c4c(C)cccc4C4(CC4)C3F)cn2)cn1. The molecule has 1 aliphatic carbocycles. The van der Waals surface area contributed by atoms with E-state index in [2.05, 4.69) is 9.97 Å². The Balaban J connectivity index is 1.62. The summed E-state index contributed by atoms with van der Waals surface area (Å²) in [7, 11) is -4.11. The summed E-state index contributed by atoms with van der Waals surface area (Å²) in [5, 5.41) is 0. The van der Waals surface area contributed by atoms with Crippen molar-refractivity contribution >= 4 is 15.7 Å². The number of para-hydroxylation sites is 1. The number of alkyl halides is 1. The third-order valence-corrected chi connectivity index (χ3v) is 7.88. The Morgan fingerprint density at radius 2 is 1.90 bits per heavy atom. The number of anilines is 1. The van der Waals surface area contributed by atoms with Crippen LogP contribution >= 0.6 is 0 Å². The molecular formula is C21H21FN4O2S. The fraction of sp³-hybridized carbons (Fsp3) is 0.333. The van der Waals surface area contributed by atoms with Crippen LogP contribution in [0.1, 0.15) is 35.2 Å². The number of hydrogen-bond donors (Lipinski definition) is 0. The summed E-state index contributed by atoms with van der Waals surface area (Å²) < 4.78 is 45.4. The van der Waals surface area contributed by atoms with Crippen LogP contribution in [0, 0.1) is 20.8 Å². The lowest BCUT2D eigenvalue weighted by atomic mass is 9.96. The van der Waals surface area contributed by atoms with Gasteiger partial charge in [0.05, 0.1) is 17.6 Å². The summed E-state index contributed by atoms with van der Waals surface area (Å²) in [5.74, 6) is 0.565. The van der Waals surface area contributed by atoms with E-state index in [0.717, 1.165) is 21.1 Å². The lowest BCUT2D eigenvalue weighted by molar-refractivity contribution is 0.295. The van der Waals surface area contributed by atoms with Crippen LogP contribution in [-0.2, 0) is 15.4 Å². The molecule has 1 fully saturated rings. The largest absolute Gasteiger partial charge is 0.290 e. The number of hydrogen-bond acceptors (Lipinski definition) is 4. The number of rotatable bonds is 3. The summed E-state index contributed by atoms with van der Waals surface area (Å²) in [6, 6.07) is 7.23. The maximum Gasteiger partial charge on any atom is 0.268 e. The van der Waals surface area contributed by atoms with Crippen molar-refractivity contribution in [3.63, 3.8) is 0 Å². The molecule has 0 radical (unpaired) electrons. The number of aryl methyl sites for hydroxylation is 3. The molecule has 1 aliphatic heterocycles. The molecule has 1 atom stereocenters. The normalized spacial score (nSPS) is 19.6. The van der Waals surface area contributed by atoms with E-state index in [-0.39, 0.29) is 4.90 Å². The topological polar surface area (TPSA) is 68.1 Å². The second-order valence-corrected chi connectivity index (χ2v) is 9.78. The molecule has 0 bridgehead atoms. The Morgan fingerprint density at radius 1 is 1.14 bits per heavy atom. The van der Waals surface area contributed by atoms with Gasteiger partial charge in [0.2, 0.25) is 0 Å². The molecule has 1 unspecified atom stereocenters. The molecule has 0 amide bonds. The van der Waals surface area contributed by atoms with Crippen LogP contribution < -0.4 is 4.31 Å². The molecule has 150 valence electrons. The van der Waals surface area contributed by atoms with E-state index >= 15 is 4.39 Å². The van der Waals surface area contributed by atoms with Crippen LogP contribution in [0.15, 0.2) is 47.9 Å². The maximum absolute atomic E-state index is 15.6. The second-order valence-electron chi connectivity index (χ2n) is 7.99. The van der Waals surface area contributed by atoms with Crippen molar-refractivity contribution in [1.82, 2.24) is 14.5 Å². The van der Waals surface area contributed by atoms with Crippen molar-refractivity contribution < 1.29 is 12.8 Å². The first-order valence-electron chi connectivity index (χ1n) is 9.52. The fourth-order valence-electron chi connectivity index (χ4n) is 4.30. The predicted molar refractivity (Wildman–Crippen MR) is 107 cm³/mol. The van der Waals surface area contributed by atoms with Crippen LogP contribution in [0.4, 0.5) is 10.1 Å². The Kier molecular flexibility index (Phi) is 3.71. The molecule has 0 saturated heterocycles. The van der Waals surface area contributed by atoms with Gasteiger partial charge in [0.15, 0.2) is 6.30 Å². The van der Waals surface area contributed by atoms with Gasteiger partial charge in [-0.05, 0) is 56.4 Å². The third kappa shape index (κ3) is 2.48. The molecule has 2 aliphatic rings. The first-order valence-corrected chi connectivity index (χ1v) is 11.0. The highest BCUT2D eigenvalue weighted by Gasteiger charge is 2.62. The van der Waals surface area contributed by atoms with Crippen LogP contribution in [0.2, 0.25) is 0 Å². The Morgan fingerprint density at radius 3 is 2.52 bits per heavy atom. The highest BCUT2D eigenvalue weighted by atomic mass is 32.2. The van der Waals surface area contributed by atoms with Crippen molar-refractivity contribution in [2.45, 2.75) is 50.2 Å². The van der Waals surface area contributed by atoms with Gasteiger partial charge in [0.25, 0.3) is 10.0 Å². The van der Waals surface area contributed by atoms with E-state index in [4.69, 9.17) is 0 Å². The quantitative estimate of drug-likeness (QED) is 0.615. The predicted octanol–water partition coefficient (Wildman–Crippen LogP) is 3.73. The van der Waals surface area contributed by atoms with Gasteiger partial charge in [-0.15, -0.1) is 0 Å². The molecule has 1 spiro atoms. The number of sulfonamides is 1. The third-order valence-electron chi connectivity index (χ3n) is 6.01. The van der Waals surface area contributed by atoms with E-state index < -0.39 is 21.7 Å². The van der Waals surface area contributed by atoms with Crippen LogP contribution in [-0.4, -0.2) is 29.2 Å². The first-order chi connectivity index (χ1) is 13.8. The molecule has 0 N–H and O–H groups in total. The second kappa shape index (κ2) is 5.89. The van der Waals surface area contributed by atoms with E-state index in [9.17, 15) is 8.42 Å². The van der Waals surface area contributed by atoms with Crippen LogP contribution in [0.3, 0.4) is 0 Å². The van der Waals surface area contributed by atoms with Gasteiger partial charge in [-0.3, -0.25) is 4.57 Å². The van der Waals surface area contributed by atoms with E-state index in [0.29, 0.717) is 29.9 Å². The molecule has 1 aromatic carbocycles. The molecule has 8 heteroatoms. The maximum atomic E-state index is 15.6.